The Bertz CT molecular complexity index is 968. The highest BCUT2D eigenvalue weighted by atomic mass is 19.1. The van der Waals surface area contributed by atoms with Gasteiger partial charge < -0.3 is 20.3 Å². The fourth-order valence-electron chi connectivity index (χ4n) is 4.57. The van der Waals surface area contributed by atoms with Gasteiger partial charge in [0.05, 0.1) is 12.7 Å². The van der Waals surface area contributed by atoms with Gasteiger partial charge in [-0.25, -0.2) is 4.39 Å². The number of nitrogens with zero attached hydrogens (tertiary/aromatic N) is 2. The maximum atomic E-state index is 13.9. The Kier molecular flexibility index (Phi) is 7.54. The Morgan fingerprint density at radius 1 is 1.15 bits per heavy atom. The zero-order chi connectivity index (χ0) is 23.2. The summed E-state index contributed by atoms with van der Waals surface area (Å²) in [5.41, 5.74) is 1.76. The van der Waals surface area contributed by atoms with Crippen molar-refractivity contribution in [2.24, 2.45) is 5.92 Å². The predicted molar refractivity (Wildman–Crippen MR) is 123 cm³/mol. The van der Waals surface area contributed by atoms with E-state index in [4.69, 9.17) is 4.74 Å². The molecule has 0 saturated carbocycles. The smallest absolute Gasteiger partial charge is 0.270 e. The van der Waals surface area contributed by atoms with Gasteiger partial charge in [0.15, 0.2) is 11.6 Å². The van der Waals surface area contributed by atoms with Gasteiger partial charge in [0.2, 0.25) is 0 Å². The summed E-state index contributed by atoms with van der Waals surface area (Å²) >= 11 is 0. The van der Waals surface area contributed by atoms with E-state index in [1.165, 1.54) is 19.4 Å². The lowest BCUT2D eigenvalue weighted by atomic mass is 9.90. The summed E-state index contributed by atoms with van der Waals surface area (Å²) in [4.78, 5) is 31.4. The van der Waals surface area contributed by atoms with E-state index in [2.05, 4.69) is 15.6 Å². The number of likely N-dealkylation sites (tertiary alicyclic amines) is 1. The monoisotopic (exact) mass is 454 g/mol. The molecule has 2 N–H and O–H groups in total. The molecule has 4 rings (SSSR count). The lowest BCUT2D eigenvalue weighted by Crippen LogP contribution is -2.43. The zero-order valence-corrected chi connectivity index (χ0v) is 19.0. The number of hydrogen-bond acceptors (Lipinski definition) is 5. The van der Waals surface area contributed by atoms with Gasteiger partial charge >= 0.3 is 0 Å². The van der Waals surface area contributed by atoms with Crippen molar-refractivity contribution in [3.63, 3.8) is 0 Å². The van der Waals surface area contributed by atoms with Gasteiger partial charge in [-0.2, -0.15) is 0 Å². The van der Waals surface area contributed by atoms with Crippen LogP contribution in [0.4, 0.5) is 4.39 Å². The molecule has 3 heterocycles. The van der Waals surface area contributed by atoms with E-state index in [-0.39, 0.29) is 29.4 Å². The minimum absolute atomic E-state index is 0.0678. The number of carbonyl (C=O) groups is 2. The highest BCUT2D eigenvalue weighted by molar-refractivity contribution is 5.96. The van der Waals surface area contributed by atoms with E-state index in [1.54, 1.807) is 18.2 Å². The van der Waals surface area contributed by atoms with E-state index in [1.807, 2.05) is 11.0 Å². The number of rotatable bonds is 6. The van der Waals surface area contributed by atoms with Crippen molar-refractivity contribution in [3.8, 4) is 5.75 Å². The molecule has 2 aliphatic rings. The van der Waals surface area contributed by atoms with Crippen molar-refractivity contribution >= 4 is 11.8 Å². The molecule has 0 atom stereocenters. The first-order valence-electron chi connectivity index (χ1n) is 11.6. The molecular weight excluding hydrogens is 423 g/mol. The standard InChI is InChI=1S/C25H31FN4O3/c1-33-23-5-2-18(15-21(23)26)14-17-8-12-30(13-9-17)25(32)19-3-4-22(28-16-19)24(31)29-20-6-10-27-11-7-20/h2-5,15-17,20,27H,6-14H2,1H3,(H,29,31). The van der Waals surface area contributed by atoms with E-state index < -0.39 is 0 Å². The molecule has 1 aromatic carbocycles. The average molecular weight is 455 g/mol. The number of hydrogen-bond donors (Lipinski definition) is 2. The number of amides is 2. The number of aromatic nitrogens is 1. The Labute approximate surface area is 193 Å². The first-order valence-corrected chi connectivity index (χ1v) is 11.6. The molecule has 1 aromatic heterocycles. The van der Waals surface area contributed by atoms with Gasteiger partial charge in [0.25, 0.3) is 11.8 Å². The minimum Gasteiger partial charge on any atom is -0.494 e. The Morgan fingerprint density at radius 3 is 2.55 bits per heavy atom. The number of ether oxygens (including phenoxy) is 1. The third kappa shape index (κ3) is 5.87. The van der Waals surface area contributed by atoms with Crippen LogP contribution < -0.4 is 15.4 Å². The predicted octanol–water partition coefficient (Wildman–Crippen LogP) is 2.81. The first kappa shape index (κ1) is 23.2. The summed E-state index contributed by atoms with van der Waals surface area (Å²) in [5.74, 6) is 0.0463. The van der Waals surface area contributed by atoms with Crippen LogP contribution in [0.3, 0.4) is 0 Å². The average Bonchev–Trinajstić information content (AvgIpc) is 2.85. The zero-order valence-electron chi connectivity index (χ0n) is 19.0. The second-order valence-electron chi connectivity index (χ2n) is 8.84. The molecule has 0 aliphatic carbocycles. The SMILES string of the molecule is COc1ccc(CC2CCN(C(=O)c3ccc(C(=O)NC4CCNCC4)nc3)CC2)cc1F. The highest BCUT2D eigenvalue weighted by Crippen LogP contribution is 2.25. The van der Waals surface area contributed by atoms with Crippen molar-refractivity contribution < 1.29 is 18.7 Å². The molecule has 0 bridgehead atoms. The summed E-state index contributed by atoms with van der Waals surface area (Å²) in [5, 5.41) is 6.29. The number of nitrogens with one attached hydrogen (secondary N) is 2. The molecule has 2 saturated heterocycles. The van der Waals surface area contributed by atoms with E-state index in [9.17, 15) is 14.0 Å². The maximum Gasteiger partial charge on any atom is 0.270 e. The van der Waals surface area contributed by atoms with Crippen LogP contribution >= 0.6 is 0 Å². The first-order chi connectivity index (χ1) is 16.0. The Hall–Kier alpha value is -3.00. The molecule has 2 aromatic rings. The van der Waals surface area contributed by atoms with Crippen molar-refractivity contribution in [1.29, 1.82) is 0 Å². The van der Waals surface area contributed by atoms with E-state index >= 15 is 0 Å². The topological polar surface area (TPSA) is 83.6 Å². The van der Waals surface area contributed by atoms with Gasteiger partial charge in [-0.3, -0.25) is 14.6 Å². The number of benzene rings is 1. The fraction of sp³-hybridized carbons (Fsp3) is 0.480. The van der Waals surface area contributed by atoms with Crippen LogP contribution in [0.5, 0.6) is 5.75 Å². The number of pyridine rings is 1. The van der Waals surface area contributed by atoms with Crippen LogP contribution in [0, 0.1) is 11.7 Å². The molecule has 0 spiro atoms. The molecule has 0 unspecified atom stereocenters. The third-order valence-electron chi connectivity index (χ3n) is 6.56. The quantitative estimate of drug-likeness (QED) is 0.701. The van der Waals surface area contributed by atoms with Crippen molar-refractivity contribution in [1.82, 2.24) is 20.5 Å². The van der Waals surface area contributed by atoms with Crippen LogP contribution in [-0.2, 0) is 6.42 Å². The molecule has 7 nitrogen and oxygen atoms in total. The summed E-state index contributed by atoms with van der Waals surface area (Å²) in [6, 6.07) is 8.55. The van der Waals surface area contributed by atoms with Crippen LogP contribution in [0.1, 0.15) is 52.1 Å². The van der Waals surface area contributed by atoms with Gasteiger partial charge in [-0.1, -0.05) is 6.07 Å². The van der Waals surface area contributed by atoms with Crippen LogP contribution in [-0.4, -0.2) is 61.0 Å². The highest BCUT2D eigenvalue weighted by Gasteiger charge is 2.25. The van der Waals surface area contributed by atoms with Crippen LogP contribution in [0.15, 0.2) is 36.5 Å². The molecule has 176 valence electrons. The number of methoxy groups -OCH3 is 1. The molecule has 0 radical (unpaired) electrons. The number of piperidine rings is 2. The van der Waals surface area contributed by atoms with Gasteiger partial charge in [0, 0.05) is 25.3 Å². The largest absolute Gasteiger partial charge is 0.494 e. The van der Waals surface area contributed by atoms with Crippen LogP contribution in [0.2, 0.25) is 0 Å². The van der Waals surface area contributed by atoms with E-state index in [0.717, 1.165) is 50.8 Å². The molecular formula is C25H31FN4O3. The minimum atomic E-state index is -0.344. The summed E-state index contributed by atoms with van der Waals surface area (Å²) in [6.45, 7) is 3.11. The molecule has 8 heteroatoms. The molecule has 33 heavy (non-hydrogen) atoms. The molecule has 2 aliphatic heterocycles. The second-order valence-corrected chi connectivity index (χ2v) is 8.84. The lowest BCUT2D eigenvalue weighted by molar-refractivity contribution is 0.0689. The Balaban J connectivity index is 1.27. The maximum absolute atomic E-state index is 13.9. The van der Waals surface area contributed by atoms with Gasteiger partial charge in [0.1, 0.15) is 5.69 Å². The normalized spacial score (nSPS) is 17.6. The van der Waals surface area contributed by atoms with Gasteiger partial charge in [-0.05, 0) is 80.9 Å². The lowest BCUT2D eigenvalue weighted by Gasteiger charge is -2.32. The second kappa shape index (κ2) is 10.7. The summed E-state index contributed by atoms with van der Waals surface area (Å²) < 4.78 is 18.9. The fourth-order valence-corrected chi connectivity index (χ4v) is 4.57. The summed E-state index contributed by atoms with van der Waals surface area (Å²) in [6.07, 6.45) is 5.82. The van der Waals surface area contributed by atoms with Crippen molar-refractivity contribution in [3.05, 3.63) is 59.2 Å². The number of carbonyl (C=O) groups excluding carboxylic acids is 2. The molecule has 2 amide bonds. The number of halogens is 1. The van der Waals surface area contributed by atoms with Crippen molar-refractivity contribution in [2.75, 3.05) is 33.3 Å². The summed E-state index contributed by atoms with van der Waals surface area (Å²) in [7, 11) is 1.46. The third-order valence-corrected chi connectivity index (χ3v) is 6.56. The molecule has 2 fully saturated rings. The van der Waals surface area contributed by atoms with Gasteiger partial charge in [-0.15, -0.1) is 0 Å². The van der Waals surface area contributed by atoms with Crippen LogP contribution in [0.25, 0.3) is 0 Å². The van der Waals surface area contributed by atoms with E-state index in [0.29, 0.717) is 30.3 Å². The Morgan fingerprint density at radius 2 is 1.91 bits per heavy atom. The van der Waals surface area contributed by atoms with Crippen molar-refractivity contribution in [2.45, 2.75) is 38.1 Å².